The fourth-order valence-electron chi connectivity index (χ4n) is 2.93. The van der Waals surface area contributed by atoms with E-state index in [0.717, 1.165) is 15.6 Å². The number of benzene rings is 1. The number of aryl methyl sites for hydroxylation is 1. The van der Waals surface area contributed by atoms with Gasteiger partial charge in [-0.2, -0.15) is 17.4 Å². The number of likely N-dealkylation sites (tertiary alicyclic amines) is 1. The normalized spacial score (nSPS) is 21.2. The highest BCUT2D eigenvalue weighted by atomic mass is 32.2. The van der Waals surface area contributed by atoms with Gasteiger partial charge in [0.05, 0.1) is 0 Å². The van der Waals surface area contributed by atoms with Crippen LogP contribution >= 0.6 is 0 Å². The second-order valence-electron chi connectivity index (χ2n) is 7.12. The third kappa shape index (κ3) is 4.93. The third-order valence-electron chi connectivity index (χ3n) is 4.59. The highest BCUT2D eigenvalue weighted by molar-refractivity contribution is 7.87. The summed E-state index contributed by atoms with van der Waals surface area (Å²) in [5, 5.41) is 2.88. The summed E-state index contributed by atoms with van der Waals surface area (Å²) in [6.45, 7) is 6.95. The molecule has 1 aromatic rings. The Kier molecular flexibility index (Phi) is 6.08. The number of nitrogens with one attached hydrogen (secondary N) is 2. The molecule has 2 N–H and O–H groups in total. The lowest BCUT2D eigenvalue weighted by atomic mass is 9.92. The van der Waals surface area contributed by atoms with Gasteiger partial charge in [0.25, 0.3) is 10.2 Å². The molecule has 0 radical (unpaired) electrons. The molecule has 8 heteroatoms. The van der Waals surface area contributed by atoms with Crippen LogP contribution in [-0.2, 0) is 10.2 Å². The van der Waals surface area contributed by atoms with Crippen molar-refractivity contribution >= 4 is 21.9 Å². The summed E-state index contributed by atoms with van der Waals surface area (Å²) < 4.78 is 28.2. The number of carbonyl (C=O) groups is 1. The molecule has 0 aliphatic carbocycles. The Bertz CT molecular complexity index is 701. The average Bonchev–Trinajstić information content (AvgIpc) is 2.93. The van der Waals surface area contributed by atoms with E-state index in [1.54, 1.807) is 4.90 Å². The van der Waals surface area contributed by atoms with E-state index in [2.05, 4.69) is 10.0 Å². The van der Waals surface area contributed by atoms with Crippen LogP contribution in [0.15, 0.2) is 24.3 Å². The highest BCUT2D eigenvalue weighted by Crippen LogP contribution is 2.26. The average molecular weight is 369 g/mol. The first-order chi connectivity index (χ1) is 11.6. The van der Waals surface area contributed by atoms with E-state index in [4.69, 9.17) is 0 Å². The fraction of sp³-hybridized carbons (Fsp3) is 0.588. The van der Waals surface area contributed by atoms with Crippen LogP contribution in [0.3, 0.4) is 0 Å². The number of carbonyl (C=O) groups excluding carboxylic acids is 1. The van der Waals surface area contributed by atoms with E-state index in [0.29, 0.717) is 13.1 Å². The lowest BCUT2D eigenvalue weighted by molar-refractivity contribution is 0.219. The monoisotopic (exact) mass is 368 g/mol. The van der Waals surface area contributed by atoms with Gasteiger partial charge in [0.15, 0.2) is 0 Å². The molecular weight excluding hydrogens is 340 g/mol. The smallest absolute Gasteiger partial charge is 0.321 e. The lowest BCUT2D eigenvalue weighted by Crippen LogP contribution is -2.47. The minimum Gasteiger partial charge on any atom is -0.323 e. The second-order valence-corrected chi connectivity index (χ2v) is 9.04. The van der Waals surface area contributed by atoms with Crippen molar-refractivity contribution in [2.45, 2.75) is 26.8 Å². The molecule has 1 aliphatic rings. The number of hydrogen-bond acceptors (Lipinski definition) is 3. The van der Waals surface area contributed by atoms with Crippen molar-refractivity contribution in [3.63, 3.8) is 0 Å². The molecule has 140 valence electrons. The van der Waals surface area contributed by atoms with Gasteiger partial charge in [-0.3, -0.25) is 0 Å². The maximum Gasteiger partial charge on any atom is 0.321 e. The number of rotatable bonds is 5. The predicted molar refractivity (Wildman–Crippen MR) is 99.6 cm³/mol. The van der Waals surface area contributed by atoms with Crippen molar-refractivity contribution in [2.24, 2.45) is 11.8 Å². The van der Waals surface area contributed by atoms with Gasteiger partial charge >= 0.3 is 6.03 Å². The zero-order valence-corrected chi connectivity index (χ0v) is 16.3. The van der Waals surface area contributed by atoms with Crippen LogP contribution in [0.5, 0.6) is 0 Å². The Morgan fingerprint density at radius 3 is 2.32 bits per heavy atom. The Balaban J connectivity index is 2.07. The van der Waals surface area contributed by atoms with Crippen LogP contribution in [-0.4, -0.2) is 56.9 Å². The Labute approximate surface area is 150 Å². The molecule has 1 saturated heterocycles. The molecule has 2 amide bonds. The van der Waals surface area contributed by atoms with Gasteiger partial charge in [-0.1, -0.05) is 31.5 Å². The van der Waals surface area contributed by atoms with Crippen molar-refractivity contribution in [3.05, 3.63) is 29.8 Å². The molecule has 1 fully saturated rings. The standard InChI is InChI=1S/C17H28N4O3S/c1-12(2)15-10-21(11-16(15)19-25(23,24)20(4)5)17(22)18-14-8-6-13(3)7-9-14/h6-9,12,15-16,19H,10-11H2,1-5H3,(H,18,22)/t15-,16+/m0/s1. The van der Waals surface area contributed by atoms with Gasteiger partial charge in [0.2, 0.25) is 0 Å². The highest BCUT2D eigenvalue weighted by Gasteiger charge is 2.39. The third-order valence-corrected chi connectivity index (χ3v) is 6.15. The van der Waals surface area contributed by atoms with E-state index >= 15 is 0 Å². The molecule has 0 aromatic heterocycles. The Morgan fingerprint density at radius 2 is 1.80 bits per heavy atom. The number of amides is 2. The van der Waals surface area contributed by atoms with Crippen molar-refractivity contribution in [1.82, 2.24) is 13.9 Å². The molecule has 1 heterocycles. The molecule has 0 unspecified atom stereocenters. The van der Waals surface area contributed by atoms with Crippen LogP contribution in [0.25, 0.3) is 0 Å². The van der Waals surface area contributed by atoms with Crippen molar-refractivity contribution in [1.29, 1.82) is 0 Å². The Hall–Kier alpha value is -1.64. The van der Waals surface area contributed by atoms with Crippen molar-refractivity contribution < 1.29 is 13.2 Å². The summed E-state index contributed by atoms with van der Waals surface area (Å²) in [5.74, 6) is 0.325. The predicted octanol–water partition coefficient (Wildman–Crippen LogP) is 1.88. The first-order valence-corrected chi connectivity index (χ1v) is 9.86. The number of hydrogen-bond donors (Lipinski definition) is 2. The molecule has 25 heavy (non-hydrogen) atoms. The molecule has 0 saturated carbocycles. The van der Waals surface area contributed by atoms with Crippen molar-refractivity contribution in [2.75, 3.05) is 32.5 Å². The zero-order valence-electron chi connectivity index (χ0n) is 15.5. The summed E-state index contributed by atoms with van der Waals surface area (Å²) >= 11 is 0. The summed E-state index contributed by atoms with van der Waals surface area (Å²) in [6.07, 6.45) is 0. The van der Waals surface area contributed by atoms with Crippen LogP contribution in [0, 0.1) is 18.8 Å². The molecule has 1 aliphatic heterocycles. The minimum absolute atomic E-state index is 0.0680. The molecule has 7 nitrogen and oxygen atoms in total. The van der Waals surface area contributed by atoms with Gasteiger partial charge < -0.3 is 10.2 Å². The lowest BCUT2D eigenvalue weighted by Gasteiger charge is -2.24. The molecule has 0 spiro atoms. The summed E-state index contributed by atoms with van der Waals surface area (Å²) in [7, 11) is -0.557. The van der Waals surface area contributed by atoms with Crippen LogP contribution < -0.4 is 10.0 Å². The largest absolute Gasteiger partial charge is 0.323 e. The zero-order chi connectivity index (χ0) is 18.8. The SMILES string of the molecule is Cc1ccc(NC(=O)N2C[C@@H](NS(=O)(=O)N(C)C)[C@H](C(C)C)C2)cc1. The second kappa shape index (κ2) is 7.72. The molecular formula is C17H28N4O3S. The van der Waals surface area contributed by atoms with Crippen LogP contribution in [0.1, 0.15) is 19.4 Å². The Morgan fingerprint density at radius 1 is 1.20 bits per heavy atom. The van der Waals surface area contributed by atoms with E-state index in [9.17, 15) is 13.2 Å². The summed E-state index contributed by atoms with van der Waals surface area (Å²) in [6, 6.07) is 7.08. The van der Waals surface area contributed by atoms with Crippen LogP contribution in [0.4, 0.5) is 10.5 Å². The molecule has 2 atom stereocenters. The molecule has 0 bridgehead atoms. The van der Waals surface area contributed by atoms with E-state index in [-0.39, 0.29) is 23.9 Å². The maximum atomic E-state index is 12.5. The number of nitrogens with zero attached hydrogens (tertiary/aromatic N) is 2. The van der Waals surface area contributed by atoms with Gasteiger partial charge in [-0.15, -0.1) is 0 Å². The number of anilines is 1. The van der Waals surface area contributed by atoms with Gasteiger partial charge in [0, 0.05) is 38.9 Å². The van der Waals surface area contributed by atoms with E-state index in [1.165, 1.54) is 14.1 Å². The quantitative estimate of drug-likeness (QED) is 0.833. The topological polar surface area (TPSA) is 81.8 Å². The van der Waals surface area contributed by atoms with E-state index in [1.807, 2.05) is 45.0 Å². The first kappa shape index (κ1) is 19.7. The van der Waals surface area contributed by atoms with Gasteiger partial charge in [0.1, 0.15) is 0 Å². The number of urea groups is 1. The fourth-order valence-corrected chi connectivity index (χ4v) is 3.77. The van der Waals surface area contributed by atoms with E-state index < -0.39 is 10.2 Å². The van der Waals surface area contributed by atoms with Crippen molar-refractivity contribution in [3.8, 4) is 0 Å². The first-order valence-electron chi connectivity index (χ1n) is 8.42. The van der Waals surface area contributed by atoms with Crippen LogP contribution in [0.2, 0.25) is 0 Å². The molecule has 1 aromatic carbocycles. The summed E-state index contributed by atoms with van der Waals surface area (Å²) in [4.78, 5) is 14.2. The summed E-state index contributed by atoms with van der Waals surface area (Å²) in [5.41, 5.74) is 1.85. The maximum absolute atomic E-state index is 12.5. The molecule has 2 rings (SSSR count). The minimum atomic E-state index is -3.54. The van der Waals surface area contributed by atoms with Gasteiger partial charge in [-0.05, 0) is 30.9 Å². The van der Waals surface area contributed by atoms with Gasteiger partial charge in [-0.25, -0.2) is 4.79 Å².